The van der Waals surface area contributed by atoms with Crippen LogP contribution in [0.1, 0.15) is 24.1 Å². The molecule has 188 valence electrons. The number of phenols is 1. The Kier molecular flexibility index (Phi) is 6.49. The predicted octanol–water partition coefficient (Wildman–Crippen LogP) is 5.69. The minimum atomic E-state index is -1.03. The molecule has 4 aromatic rings. The number of phenolic OH excluding ortho intramolecular Hbond substituents is 1. The van der Waals surface area contributed by atoms with E-state index in [0.717, 1.165) is 4.70 Å². The van der Waals surface area contributed by atoms with E-state index in [0.29, 0.717) is 34.0 Å². The van der Waals surface area contributed by atoms with E-state index in [9.17, 15) is 19.8 Å². The fourth-order valence-electron chi connectivity index (χ4n) is 4.23. The van der Waals surface area contributed by atoms with E-state index in [-0.39, 0.29) is 28.0 Å². The molecular formula is C27H21ClN2O6S. The number of methoxy groups -OCH3 is 1. The lowest BCUT2D eigenvalue weighted by atomic mass is 9.95. The molecule has 1 aromatic heterocycles. The number of hydrogen-bond donors (Lipinski definition) is 2. The normalized spacial score (nSPS) is 16.9. The monoisotopic (exact) mass is 536 g/mol. The lowest BCUT2D eigenvalue weighted by Crippen LogP contribution is -2.29. The number of amides is 1. The molecule has 0 aliphatic carbocycles. The molecule has 1 fully saturated rings. The zero-order chi connectivity index (χ0) is 26.3. The minimum absolute atomic E-state index is 0.107. The quantitative estimate of drug-likeness (QED) is 0.185. The van der Waals surface area contributed by atoms with Crippen LogP contribution in [0, 0.1) is 0 Å². The molecule has 0 bridgehead atoms. The van der Waals surface area contributed by atoms with E-state index in [1.807, 2.05) is 6.92 Å². The number of halogens is 1. The van der Waals surface area contributed by atoms with Crippen LogP contribution < -0.4 is 14.4 Å². The topological polar surface area (TPSA) is 109 Å². The van der Waals surface area contributed by atoms with Gasteiger partial charge in [0, 0.05) is 10.6 Å². The van der Waals surface area contributed by atoms with Crippen molar-refractivity contribution in [2.24, 2.45) is 0 Å². The number of aromatic hydroxyl groups is 1. The van der Waals surface area contributed by atoms with Gasteiger partial charge in [0.25, 0.3) is 5.78 Å². The first kappa shape index (κ1) is 24.6. The molecule has 1 aliphatic rings. The molecule has 10 heteroatoms. The number of aliphatic hydroxyl groups is 1. The van der Waals surface area contributed by atoms with Crippen LogP contribution in [0.25, 0.3) is 16.0 Å². The van der Waals surface area contributed by atoms with Gasteiger partial charge in [-0.2, -0.15) is 0 Å². The summed E-state index contributed by atoms with van der Waals surface area (Å²) in [4.78, 5) is 32.6. The Balaban J connectivity index is 1.71. The van der Waals surface area contributed by atoms with Crippen molar-refractivity contribution in [1.29, 1.82) is 0 Å². The fraction of sp³-hybridized carbons (Fsp3) is 0.148. The number of thiazole rings is 1. The number of ketones is 1. The minimum Gasteiger partial charge on any atom is -0.507 e. The van der Waals surface area contributed by atoms with Crippen LogP contribution >= 0.6 is 22.9 Å². The van der Waals surface area contributed by atoms with Gasteiger partial charge in [-0.05, 0) is 67.1 Å². The molecule has 1 amide bonds. The second-order valence-corrected chi connectivity index (χ2v) is 9.61. The van der Waals surface area contributed by atoms with E-state index in [4.69, 9.17) is 21.1 Å². The molecule has 1 atom stereocenters. The number of hydrogen-bond acceptors (Lipinski definition) is 8. The molecule has 1 saturated heterocycles. The summed E-state index contributed by atoms with van der Waals surface area (Å²) in [5.74, 6) is -1.39. The van der Waals surface area contributed by atoms with Crippen molar-refractivity contribution >= 4 is 55.7 Å². The lowest BCUT2D eigenvalue weighted by molar-refractivity contribution is -0.132. The van der Waals surface area contributed by atoms with Crippen LogP contribution in [-0.4, -0.2) is 40.6 Å². The number of fused-ring (bicyclic) bond motifs is 1. The van der Waals surface area contributed by atoms with Crippen molar-refractivity contribution < 1.29 is 29.3 Å². The third-order valence-corrected chi connectivity index (χ3v) is 7.20. The maximum absolute atomic E-state index is 13.4. The summed E-state index contributed by atoms with van der Waals surface area (Å²) in [6.07, 6.45) is 0. The number of benzene rings is 3. The van der Waals surface area contributed by atoms with Crippen LogP contribution in [0.3, 0.4) is 0 Å². The SMILES string of the molecule is CCOc1ccc(/C(O)=C2\C(=O)C(=O)N(c3nc4ccc(Cl)cc4s3)C2c2ccc(O)c(OC)c2)cc1. The summed E-state index contributed by atoms with van der Waals surface area (Å²) in [7, 11) is 1.40. The molecular weight excluding hydrogens is 516 g/mol. The maximum Gasteiger partial charge on any atom is 0.301 e. The zero-order valence-electron chi connectivity index (χ0n) is 19.8. The molecule has 0 spiro atoms. The van der Waals surface area contributed by atoms with E-state index in [1.165, 1.54) is 35.5 Å². The number of ether oxygens (including phenoxy) is 2. The molecule has 1 aliphatic heterocycles. The fourth-order valence-corrected chi connectivity index (χ4v) is 5.50. The summed E-state index contributed by atoms with van der Waals surface area (Å²) in [5, 5.41) is 22.2. The molecule has 0 saturated carbocycles. The van der Waals surface area contributed by atoms with Gasteiger partial charge in [0.2, 0.25) is 0 Å². The number of aromatic nitrogens is 1. The van der Waals surface area contributed by atoms with Gasteiger partial charge >= 0.3 is 5.91 Å². The van der Waals surface area contributed by atoms with Crippen molar-refractivity contribution in [1.82, 2.24) is 4.98 Å². The van der Waals surface area contributed by atoms with Crippen molar-refractivity contribution in [3.63, 3.8) is 0 Å². The van der Waals surface area contributed by atoms with E-state index >= 15 is 0 Å². The smallest absolute Gasteiger partial charge is 0.301 e. The van der Waals surface area contributed by atoms with E-state index in [2.05, 4.69) is 4.98 Å². The number of carbonyl (C=O) groups is 2. The highest BCUT2D eigenvalue weighted by Gasteiger charge is 2.48. The van der Waals surface area contributed by atoms with Crippen LogP contribution in [0.2, 0.25) is 5.02 Å². The summed E-state index contributed by atoms with van der Waals surface area (Å²) in [5.41, 5.74) is 1.28. The number of nitrogens with zero attached hydrogens (tertiary/aromatic N) is 2. The molecule has 2 heterocycles. The largest absolute Gasteiger partial charge is 0.507 e. The molecule has 37 heavy (non-hydrogen) atoms. The average molecular weight is 537 g/mol. The van der Waals surface area contributed by atoms with Gasteiger partial charge in [0.1, 0.15) is 11.5 Å². The summed E-state index contributed by atoms with van der Waals surface area (Å²) in [6, 6.07) is 15.2. The number of rotatable bonds is 6. The van der Waals surface area contributed by atoms with Gasteiger partial charge in [-0.15, -0.1) is 0 Å². The Bertz CT molecular complexity index is 1560. The summed E-state index contributed by atoms with van der Waals surface area (Å²) < 4.78 is 11.5. The summed E-state index contributed by atoms with van der Waals surface area (Å²) in [6.45, 7) is 2.34. The van der Waals surface area contributed by atoms with Crippen LogP contribution in [-0.2, 0) is 9.59 Å². The molecule has 3 aromatic carbocycles. The molecule has 1 unspecified atom stereocenters. The standard InChI is InChI=1S/C27H21ClN2O6S/c1-3-36-17-8-4-14(5-9-17)24(32)22-23(15-6-11-19(31)20(12-15)35-2)30(26(34)25(22)33)27-29-18-10-7-16(28)13-21(18)37-27/h4-13,23,31-32H,3H2,1-2H3/b24-22+. The highest BCUT2D eigenvalue weighted by atomic mass is 35.5. The molecule has 8 nitrogen and oxygen atoms in total. The zero-order valence-corrected chi connectivity index (χ0v) is 21.3. The summed E-state index contributed by atoms with van der Waals surface area (Å²) >= 11 is 7.33. The van der Waals surface area contributed by atoms with E-state index < -0.39 is 17.7 Å². The van der Waals surface area contributed by atoms with E-state index in [1.54, 1.807) is 48.5 Å². The first-order valence-corrected chi connectivity index (χ1v) is 12.5. The third kappa shape index (κ3) is 4.36. The molecule has 0 radical (unpaired) electrons. The number of anilines is 1. The van der Waals surface area contributed by atoms with Crippen molar-refractivity contribution in [2.75, 3.05) is 18.6 Å². The van der Waals surface area contributed by atoms with Crippen molar-refractivity contribution in [3.05, 3.63) is 82.4 Å². The van der Waals surface area contributed by atoms with Crippen LogP contribution in [0.5, 0.6) is 17.2 Å². The van der Waals surface area contributed by atoms with Gasteiger partial charge in [0.15, 0.2) is 16.6 Å². The van der Waals surface area contributed by atoms with Gasteiger partial charge in [-0.25, -0.2) is 4.98 Å². The van der Waals surface area contributed by atoms with Gasteiger partial charge in [-0.3, -0.25) is 14.5 Å². The highest BCUT2D eigenvalue weighted by Crippen LogP contribution is 2.46. The average Bonchev–Trinajstić information content (AvgIpc) is 3.42. The van der Waals surface area contributed by atoms with Gasteiger partial charge < -0.3 is 19.7 Å². The number of carbonyl (C=O) groups excluding carboxylic acids is 2. The third-order valence-electron chi connectivity index (χ3n) is 5.95. The Morgan fingerprint density at radius 3 is 2.57 bits per heavy atom. The van der Waals surface area contributed by atoms with Crippen molar-refractivity contribution in [2.45, 2.75) is 13.0 Å². The molecule has 2 N–H and O–H groups in total. The molecule has 5 rings (SSSR count). The first-order chi connectivity index (χ1) is 17.8. The van der Waals surface area contributed by atoms with Crippen LogP contribution in [0.4, 0.5) is 5.13 Å². The van der Waals surface area contributed by atoms with Crippen molar-refractivity contribution in [3.8, 4) is 17.2 Å². The Labute approximate surface area is 221 Å². The number of aliphatic hydroxyl groups excluding tert-OH is 1. The number of Topliss-reactive ketones (excluding diaryl/α,β-unsaturated/α-hetero) is 1. The maximum atomic E-state index is 13.4. The van der Waals surface area contributed by atoms with Gasteiger partial charge in [0.05, 0.1) is 35.5 Å². The Hall–Kier alpha value is -4.08. The first-order valence-electron chi connectivity index (χ1n) is 11.3. The predicted molar refractivity (Wildman–Crippen MR) is 142 cm³/mol. The Morgan fingerprint density at radius 2 is 1.86 bits per heavy atom. The highest BCUT2D eigenvalue weighted by molar-refractivity contribution is 7.22. The second-order valence-electron chi connectivity index (χ2n) is 8.17. The second kappa shape index (κ2) is 9.76. The lowest BCUT2D eigenvalue weighted by Gasteiger charge is -2.23. The van der Waals surface area contributed by atoms with Gasteiger partial charge in [-0.1, -0.05) is 29.0 Å². The Morgan fingerprint density at radius 1 is 1.11 bits per heavy atom. The van der Waals surface area contributed by atoms with Crippen LogP contribution in [0.15, 0.2) is 66.2 Å².